The van der Waals surface area contributed by atoms with Gasteiger partial charge in [0.15, 0.2) is 0 Å². The van der Waals surface area contributed by atoms with Crippen molar-refractivity contribution in [1.29, 1.82) is 0 Å². The minimum absolute atomic E-state index is 0.190. The first-order chi connectivity index (χ1) is 9.10. The second-order valence-corrected chi connectivity index (χ2v) is 7.46. The number of rotatable bonds is 5. The fourth-order valence-corrected chi connectivity index (χ4v) is 5.55. The van der Waals surface area contributed by atoms with Gasteiger partial charge < -0.3 is 10.6 Å². The molecule has 0 aromatic carbocycles. The standard InChI is InChI=1S/C16H28N2O/c1-12(19)18(5-3-17)4-2-16-9-13-6-14(10-16)8-15(7-13)11-16/h13-15H,2-11,17H2,1H3. The highest BCUT2D eigenvalue weighted by atomic mass is 16.2. The second kappa shape index (κ2) is 5.08. The maximum Gasteiger partial charge on any atom is 0.219 e. The summed E-state index contributed by atoms with van der Waals surface area (Å²) in [6.45, 7) is 3.91. The van der Waals surface area contributed by atoms with E-state index in [9.17, 15) is 4.79 Å². The molecule has 4 aliphatic rings. The van der Waals surface area contributed by atoms with Crippen molar-refractivity contribution >= 4 is 5.91 Å². The molecule has 3 nitrogen and oxygen atoms in total. The summed E-state index contributed by atoms with van der Waals surface area (Å²) in [4.78, 5) is 13.6. The topological polar surface area (TPSA) is 46.3 Å². The number of carbonyl (C=O) groups is 1. The molecule has 0 aromatic heterocycles. The molecule has 0 saturated heterocycles. The van der Waals surface area contributed by atoms with Crippen molar-refractivity contribution in [1.82, 2.24) is 4.90 Å². The van der Waals surface area contributed by atoms with E-state index in [1.807, 2.05) is 4.90 Å². The summed E-state index contributed by atoms with van der Waals surface area (Å²) in [6, 6.07) is 0. The first-order valence-electron chi connectivity index (χ1n) is 8.06. The SMILES string of the molecule is CC(=O)N(CCN)CCC12CC3CC(CC(C3)C1)C2. The molecular formula is C16H28N2O. The van der Waals surface area contributed by atoms with E-state index >= 15 is 0 Å². The molecule has 0 unspecified atom stereocenters. The smallest absolute Gasteiger partial charge is 0.219 e. The van der Waals surface area contributed by atoms with Crippen LogP contribution in [0, 0.1) is 23.2 Å². The normalized spacial score (nSPS) is 39.6. The first kappa shape index (κ1) is 13.4. The Hall–Kier alpha value is -0.570. The average Bonchev–Trinajstić information content (AvgIpc) is 2.32. The molecule has 3 heteroatoms. The molecule has 4 bridgehead atoms. The molecule has 108 valence electrons. The van der Waals surface area contributed by atoms with Crippen molar-refractivity contribution in [2.75, 3.05) is 19.6 Å². The van der Waals surface area contributed by atoms with Gasteiger partial charge in [0.05, 0.1) is 0 Å². The third-order valence-electron chi connectivity index (χ3n) is 5.92. The molecule has 0 spiro atoms. The lowest BCUT2D eigenvalue weighted by Gasteiger charge is -2.57. The summed E-state index contributed by atoms with van der Waals surface area (Å²) in [5, 5.41) is 0. The Bertz CT molecular complexity index is 317. The van der Waals surface area contributed by atoms with E-state index in [1.165, 1.54) is 44.9 Å². The maximum atomic E-state index is 11.6. The average molecular weight is 264 g/mol. The van der Waals surface area contributed by atoms with Crippen LogP contribution in [0.2, 0.25) is 0 Å². The highest BCUT2D eigenvalue weighted by molar-refractivity contribution is 5.73. The third kappa shape index (κ3) is 2.67. The van der Waals surface area contributed by atoms with E-state index in [4.69, 9.17) is 5.73 Å². The Labute approximate surface area is 116 Å². The van der Waals surface area contributed by atoms with E-state index in [0.717, 1.165) is 30.8 Å². The lowest BCUT2D eigenvalue weighted by atomic mass is 9.49. The molecule has 4 rings (SSSR count). The summed E-state index contributed by atoms with van der Waals surface area (Å²) in [5.74, 6) is 3.21. The zero-order valence-electron chi connectivity index (χ0n) is 12.2. The molecule has 4 fully saturated rings. The van der Waals surface area contributed by atoms with Gasteiger partial charge in [0.25, 0.3) is 0 Å². The van der Waals surface area contributed by atoms with Crippen LogP contribution in [0.15, 0.2) is 0 Å². The van der Waals surface area contributed by atoms with Crippen molar-refractivity contribution in [3.8, 4) is 0 Å². The molecule has 0 heterocycles. The Balaban J connectivity index is 1.61. The van der Waals surface area contributed by atoms with Gasteiger partial charge >= 0.3 is 0 Å². The highest BCUT2D eigenvalue weighted by Crippen LogP contribution is 2.61. The molecule has 4 saturated carbocycles. The van der Waals surface area contributed by atoms with E-state index < -0.39 is 0 Å². The van der Waals surface area contributed by atoms with Gasteiger partial charge in [-0.2, -0.15) is 0 Å². The van der Waals surface area contributed by atoms with Crippen molar-refractivity contribution in [3.05, 3.63) is 0 Å². The summed E-state index contributed by atoms with van der Waals surface area (Å²) >= 11 is 0. The van der Waals surface area contributed by atoms with E-state index in [-0.39, 0.29) is 5.91 Å². The van der Waals surface area contributed by atoms with Crippen LogP contribution in [-0.2, 0) is 4.79 Å². The van der Waals surface area contributed by atoms with Gasteiger partial charge in [0.1, 0.15) is 0 Å². The number of amides is 1. The van der Waals surface area contributed by atoms with Gasteiger partial charge in [-0.1, -0.05) is 0 Å². The van der Waals surface area contributed by atoms with E-state index in [2.05, 4.69) is 0 Å². The number of carbonyl (C=O) groups excluding carboxylic acids is 1. The molecule has 0 aromatic rings. The van der Waals surface area contributed by atoms with Crippen LogP contribution in [0.25, 0.3) is 0 Å². The fourth-order valence-electron chi connectivity index (χ4n) is 5.55. The largest absolute Gasteiger partial charge is 0.342 e. The minimum Gasteiger partial charge on any atom is -0.342 e. The van der Waals surface area contributed by atoms with Crippen molar-refractivity contribution in [2.24, 2.45) is 28.9 Å². The molecule has 2 N–H and O–H groups in total. The Morgan fingerprint density at radius 3 is 2.05 bits per heavy atom. The Morgan fingerprint density at radius 2 is 1.63 bits per heavy atom. The Kier molecular flexibility index (Phi) is 3.59. The minimum atomic E-state index is 0.190. The van der Waals surface area contributed by atoms with Crippen LogP contribution in [0.4, 0.5) is 0 Å². The molecular weight excluding hydrogens is 236 g/mol. The maximum absolute atomic E-state index is 11.6. The van der Waals surface area contributed by atoms with Crippen molar-refractivity contribution < 1.29 is 4.79 Å². The first-order valence-corrected chi connectivity index (χ1v) is 8.06. The molecule has 0 aliphatic heterocycles. The predicted octanol–water partition coefficient (Wildman–Crippen LogP) is 2.40. The molecule has 0 atom stereocenters. The second-order valence-electron chi connectivity index (χ2n) is 7.46. The van der Waals surface area contributed by atoms with Gasteiger partial charge in [-0.05, 0) is 68.1 Å². The predicted molar refractivity (Wildman–Crippen MR) is 76.5 cm³/mol. The third-order valence-corrected chi connectivity index (χ3v) is 5.92. The monoisotopic (exact) mass is 264 g/mol. The summed E-state index contributed by atoms with van der Waals surface area (Å²) in [6.07, 6.45) is 10.0. The summed E-state index contributed by atoms with van der Waals surface area (Å²) < 4.78 is 0. The number of hydrogen-bond donors (Lipinski definition) is 1. The van der Waals surface area contributed by atoms with Gasteiger partial charge in [-0.25, -0.2) is 0 Å². The van der Waals surface area contributed by atoms with Gasteiger partial charge in [-0.15, -0.1) is 0 Å². The number of nitrogens with two attached hydrogens (primary N) is 1. The molecule has 1 amide bonds. The van der Waals surface area contributed by atoms with Crippen LogP contribution >= 0.6 is 0 Å². The highest BCUT2D eigenvalue weighted by Gasteiger charge is 2.50. The van der Waals surface area contributed by atoms with Crippen LogP contribution in [-0.4, -0.2) is 30.4 Å². The molecule has 4 aliphatic carbocycles. The van der Waals surface area contributed by atoms with Gasteiger partial charge in [0.2, 0.25) is 5.91 Å². The summed E-state index contributed by atoms with van der Waals surface area (Å²) in [7, 11) is 0. The van der Waals surface area contributed by atoms with Crippen LogP contribution in [0.5, 0.6) is 0 Å². The number of nitrogens with zero attached hydrogens (tertiary/aromatic N) is 1. The van der Waals surface area contributed by atoms with Crippen LogP contribution in [0.1, 0.15) is 51.9 Å². The molecule has 19 heavy (non-hydrogen) atoms. The summed E-state index contributed by atoms with van der Waals surface area (Å²) in [5.41, 5.74) is 6.19. The van der Waals surface area contributed by atoms with E-state index in [0.29, 0.717) is 12.0 Å². The number of hydrogen-bond acceptors (Lipinski definition) is 2. The lowest BCUT2D eigenvalue weighted by molar-refractivity contribution is -0.130. The zero-order chi connectivity index (χ0) is 13.5. The lowest BCUT2D eigenvalue weighted by Crippen LogP contribution is -2.47. The van der Waals surface area contributed by atoms with Gasteiger partial charge in [-0.3, -0.25) is 4.79 Å². The quantitative estimate of drug-likeness (QED) is 0.829. The van der Waals surface area contributed by atoms with E-state index in [1.54, 1.807) is 6.92 Å². The molecule has 0 radical (unpaired) electrons. The Morgan fingerprint density at radius 1 is 1.11 bits per heavy atom. The van der Waals surface area contributed by atoms with Crippen molar-refractivity contribution in [2.45, 2.75) is 51.9 Å². The van der Waals surface area contributed by atoms with Gasteiger partial charge in [0, 0.05) is 26.6 Å². The van der Waals surface area contributed by atoms with Crippen molar-refractivity contribution in [3.63, 3.8) is 0 Å². The fraction of sp³-hybridized carbons (Fsp3) is 0.938. The zero-order valence-corrected chi connectivity index (χ0v) is 12.2. The van der Waals surface area contributed by atoms with Crippen LogP contribution < -0.4 is 5.73 Å². The van der Waals surface area contributed by atoms with Crippen LogP contribution in [0.3, 0.4) is 0 Å².